The molecule has 5 nitrogen and oxygen atoms in total. The summed E-state index contributed by atoms with van der Waals surface area (Å²) in [6.07, 6.45) is 6.32. The van der Waals surface area contributed by atoms with Crippen molar-refractivity contribution in [3.8, 4) is 0 Å². The maximum Gasteiger partial charge on any atom is 0.240 e. The summed E-state index contributed by atoms with van der Waals surface area (Å²) in [6, 6.07) is 0.409. The van der Waals surface area contributed by atoms with Gasteiger partial charge in [-0.3, -0.25) is 0 Å². The van der Waals surface area contributed by atoms with Gasteiger partial charge in [0.2, 0.25) is 11.7 Å². The van der Waals surface area contributed by atoms with Gasteiger partial charge in [-0.25, -0.2) is 0 Å². The highest BCUT2D eigenvalue weighted by molar-refractivity contribution is 4.95. The molecule has 1 aliphatic rings. The Kier molecular flexibility index (Phi) is 5.98. The van der Waals surface area contributed by atoms with E-state index >= 15 is 0 Å². The lowest BCUT2D eigenvalue weighted by Gasteiger charge is -2.27. The van der Waals surface area contributed by atoms with Crippen molar-refractivity contribution in [1.82, 2.24) is 15.5 Å². The Morgan fingerprint density at radius 3 is 2.70 bits per heavy atom. The number of nitrogens with one attached hydrogen (secondary N) is 1. The number of hydrogen-bond acceptors (Lipinski definition) is 5. The van der Waals surface area contributed by atoms with Crippen LogP contribution in [-0.4, -0.2) is 22.8 Å². The maximum atomic E-state index is 5.90. The molecule has 0 amide bonds. The first kappa shape index (κ1) is 15.4. The van der Waals surface area contributed by atoms with Crippen LogP contribution in [0.4, 0.5) is 0 Å². The minimum absolute atomic E-state index is 0.00292. The molecule has 1 N–H and O–H groups in total. The minimum Gasteiger partial charge on any atom is -0.370 e. The van der Waals surface area contributed by atoms with Crippen LogP contribution in [0.15, 0.2) is 4.52 Å². The van der Waals surface area contributed by atoms with E-state index in [4.69, 9.17) is 9.26 Å². The van der Waals surface area contributed by atoms with Gasteiger partial charge in [-0.15, -0.1) is 0 Å². The molecule has 1 aliphatic carbocycles. The molecule has 1 atom stereocenters. The Balaban J connectivity index is 2.00. The summed E-state index contributed by atoms with van der Waals surface area (Å²) in [4.78, 5) is 4.51. The molecule has 0 aromatic carbocycles. The number of aromatic nitrogens is 2. The van der Waals surface area contributed by atoms with Gasteiger partial charge in [0.15, 0.2) is 0 Å². The number of hydrogen-bond donors (Lipinski definition) is 1. The molecule has 1 heterocycles. The van der Waals surface area contributed by atoms with Gasteiger partial charge in [-0.1, -0.05) is 38.3 Å². The fourth-order valence-electron chi connectivity index (χ4n) is 2.78. The molecule has 0 saturated heterocycles. The first-order chi connectivity index (χ1) is 9.70. The van der Waals surface area contributed by atoms with Crippen LogP contribution in [0, 0.1) is 5.92 Å². The van der Waals surface area contributed by atoms with Gasteiger partial charge in [0.1, 0.15) is 6.10 Å². The van der Waals surface area contributed by atoms with Crippen molar-refractivity contribution in [2.75, 3.05) is 6.61 Å². The first-order valence-electron chi connectivity index (χ1n) is 7.88. The fraction of sp³-hybridized carbons (Fsp3) is 0.867. The van der Waals surface area contributed by atoms with E-state index in [9.17, 15) is 0 Å². The van der Waals surface area contributed by atoms with Crippen molar-refractivity contribution in [3.05, 3.63) is 11.7 Å². The zero-order chi connectivity index (χ0) is 14.4. The van der Waals surface area contributed by atoms with Crippen molar-refractivity contribution >= 4 is 0 Å². The van der Waals surface area contributed by atoms with Crippen LogP contribution in [0.1, 0.15) is 70.7 Å². The Morgan fingerprint density at radius 1 is 1.30 bits per heavy atom. The van der Waals surface area contributed by atoms with Crippen molar-refractivity contribution < 1.29 is 9.26 Å². The largest absolute Gasteiger partial charge is 0.370 e. The van der Waals surface area contributed by atoms with E-state index in [0.29, 0.717) is 31.0 Å². The van der Waals surface area contributed by atoms with E-state index in [2.05, 4.69) is 29.3 Å². The second-order valence-electron chi connectivity index (χ2n) is 5.86. The van der Waals surface area contributed by atoms with Gasteiger partial charge in [0, 0.05) is 12.6 Å². The summed E-state index contributed by atoms with van der Waals surface area (Å²) < 4.78 is 11.2. The molecule has 0 spiro atoms. The number of nitrogens with zero attached hydrogens (tertiary/aromatic N) is 2. The van der Waals surface area contributed by atoms with Gasteiger partial charge in [-0.05, 0) is 25.7 Å². The second kappa shape index (κ2) is 7.74. The molecular formula is C15H27N3O2. The average Bonchev–Trinajstić information content (AvgIpc) is 2.92. The molecular weight excluding hydrogens is 254 g/mol. The molecule has 2 rings (SSSR count). The zero-order valence-electron chi connectivity index (χ0n) is 12.9. The first-order valence-corrected chi connectivity index (χ1v) is 7.88. The molecule has 0 radical (unpaired) electrons. The number of rotatable bonds is 7. The monoisotopic (exact) mass is 281 g/mol. The minimum atomic E-state index is -0.00292. The van der Waals surface area contributed by atoms with Crippen LogP contribution >= 0.6 is 0 Å². The highest BCUT2D eigenvalue weighted by Crippen LogP contribution is 2.35. The van der Waals surface area contributed by atoms with Crippen LogP contribution in [0.2, 0.25) is 0 Å². The molecule has 1 fully saturated rings. The number of ether oxygens (including phenoxy) is 1. The molecule has 1 aromatic rings. The third-order valence-electron chi connectivity index (χ3n) is 3.82. The van der Waals surface area contributed by atoms with Crippen molar-refractivity contribution in [1.29, 1.82) is 0 Å². The molecule has 20 heavy (non-hydrogen) atoms. The lowest BCUT2D eigenvalue weighted by Crippen LogP contribution is -2.22. The lowest BCUT2D eigenvalue weighted by atomic mass is 9.85. The Hall–Kier alpha value is -0.940. The smallest absolute Gasteiger partial charge is 0.240 e. The average molecular weight is 281 g/mol. The fourth-order valence-corrected chi connectivity index (χ4v) is 2.78. The van der Waals surface area contributed by atoms with Crippen LogP contribution in [-0.2, 0) is 11.3 Å². The summed E-state index contributed by atoms with van der Waals surface area (Å²) >= 11 is 0. The normalized spacial score (nSPS) is 18.6. The SMILES string of the molecule is CCOC(c1noc(CNC(C)C)n1)C1CCCCC1. The van der Waals surface area contributed by atoms with E-state index in [0.717, 1.165) is 5.82 Å². The van der Waals surface area contributed by atoms with Crippen molar-refractivity contribution in [2.24, 2.45) is 5.92 Å². The van der Waals surface area contributed by atoms with Gasteiger partial charge in [0.05, 0.1) is 6.54 Å². The molecule has 1 aromatic heterocycles. The van der Waals surface area contributed by atoms with Gasteiger partial charge in [0.25, 0.3) is 0 Å². The third-order valence-corrected chi connectivity index (χ3v) is 3.82. The second-order valence-corrected chi connectivity index (χ2v) is 5.86. The Morgan fingerprint density at radius 2 is 2.05 bits per heavy atom. The van der Waals surface area contributed by atoms with Crippen LogP contribution in [0.3, 0.4) is 0 Å². The van der Waals surface area contributed by atoms with Crippen LogP contribution in [0.25, 0.3) is 0 Å². The molecule has 1 saturated carbocycles. The predicted octanol–water partition coefficient (Wildman–Crippen LogP) is 3.23. The third kappa shape index (κ3) is 4.28. The quantitative estimate of drug-likeness (QED) is 0.831. The topological polar surface area (TPSA) is 60.2 Å². The predicted molar refractivity (Wildman–Crippen MR) is 77.2 cm³/mol. The van der Waals surface area contributed by atoms with Crippen LogP contribution in [0.5, 0.6) is 0 Å². The van der Waals surface area contributed by atoms with Crippen LogP contribution < -0.4 is 5.32 Å². The molecule has 114 valence electrons. The summed E-state index contributed by atoms with van der Waals surface area (Å²) in [7, 11) is 0. The molecule has 0 bridgehead atoms. The van der Waals surface area contributed by atoms with E-state index in [1.54, 1.807) is 0 Å². The van der Waals surface area contributed by atoms with Crippen molar-refractivity contribution in [2.45, 2.75) is 71.6 Å². The zero-order valence-corrected chi connectivity index (χ0v) is 12.9. The summed E-state index contributed by atoms with van der Waals surface area (Å²) in [6.45, 7) is 7.53. The highest BCUT2D eigenvalue weighted by Gasteiger charge is 2.29. The molecule has 5 heteroatoms. The van der Waals surface area contributed by atoms with Gasteiger partial charge < -0.3 is 14.6 Å². The molecule has 1 unspecified atom stereocenters. The van der Waals surface area contributed by atoms with Gasteiger partial charge in [-0.2, -0.15) is 4.98 Å². The van der Waals surface area contributed by atoms with E-state index in [-0.39, 0.29) is 6.10 Å². The van der Waals surface area contributed by atoms with E-state index in [1.807, 2.05) is 6.92 Å². The lowest BCUT2D eigenvalue weighted by molar-refractivity contribution is -0.00145. The molecule has 0 aliphatic heterocycles. The standard InChI is InChI=1S/C15H27N3O2/c1-4-19-14(12-8-6-5-7-9-12)15-17-13(20-18-15)10-16-11(2)3/h11-12,14,16H,4-10H2,1-3H3. The summed E-state index contributed by atoms with van der Waals surface area (Å²) in [5.41, 5.74) is 0. The highest BCUT2D eigenvalue weighted by atomic mass is 16.5. The van der Waals surface area contributed by atoms with E-state index in [1.165, 1.54) is 32.1 Å². The summed E-state index contributed by atoms with van der Waals surface area (Å²) in [5, 5.41) is 7.43. The van der Waals surface area contributed by atoms with E-state index < -0.39 is 0 Å². The van der Waals surface area contributed by atoms with Gasteiger partial charge >= 0.3 is 0 Å². The maximum absolute atomic E-state index is 5.90. The Labute approximate surface area is 121 Å². The Bertz CT molecular complexity index is 386. The summed E-state index contributed by atoms with van der Waals surface area (Å²) in [5.74, 6) is 1.90. The van der Waals surface area contributed by atoms with Crippen molar-refractivity contribution in [3.63, 3.8) is 0 Å².